The quantitative estimate of drug-likeness (QED) is 0.169. The van der Waals surface area contributed by atoms with E-state index < -0.39 is 79.4 Å². The molecule has 0 rings (SSSR count). The van der Waals surface area contributed by atoms with Gasteiger partial charge in [0, 0.05) is 0 Å². The van der Waals surface area contributed by atoms with Gasteiger partial charge in [0.2, 0.25) is 0 Å². The second-order valence-electron chi connectivity index (χ2n) is 7.43. The minimum Gasteiger partial charge on any atom is -0.205 e. The van der Waals surface area contributed by atoms with Gasteiger partial charge in [-0.05, 0) is 0 Å². The van der Waals surface area contributed by atoms with Gasteiger partial charge in [-0.2, -0.15) is 74.6 Å². The second kappa shape index (κ2) is 8.73. The van der Waals surface area contributed by atoms with E-state index in [-0.39, 0.29) is 0 Å². The van der Waals surface area contributed by atoms with Crippen LogP contribution < -0.4 is 0 Å². The topological polar surface area (TPSA) is 0 Å². The number of hydrogen-bond donors (Lipinski definition) is 0. The Morgan fingerprint density at radius 2 is 0.543 bits per heavy atom. The van der Waals surface area contributed by atoms with Crippen molar-refractivity contribution in [2.45, 2.75) is 92.1 Å². The molecule has 0 fully saturated rings. The molecule has 0 spiro atoms. The average Bonchev–Trinajstić information content (AvgIpc) is 2.67. The molecule has 0 aromatic rings. The first-order valence-electron chi connectivity index (χ1n) is 9.02. The van der Waals surface area contributed by atoms with Crippen LogP contribution in [0.15, 0.2) is 0 Å². The maximum Gasteiger partial charge on any atom is 0.460 e. The molecule has 0 aromatic carbocycles. The fraction of sp³-hybridized carbons (Fsp3) is 1.00. The molecule has 0 N–H and O–H groups in total. The molecule has 0 aliphatic carbocycles. The van der Waals surface area contributed by atoms with Gasteiger partial charge in [0.15, 0.2) is 0 Å². The molecule has 0 nitrogen and oxygen atoms in total. The first-order valence-corrected chi connectivity index (χ1v) is 11.6. The minimum absolute atomic E-state index is 0.683. The Kier molecular flexibility index (Phi) is 8.45. The molecule has 0 saturated carbocycles. The standard InChI is InChI=1S/C15H15F19Si/c1-4-35(5-2,6-3)15(33,34)13(28,29)11(24,25)9(20,21)7(16,17)8(18,19)10(22,23)12(26,27)14(30,31)32/h4-6H2,1-3H3. The van der Waals surface area contributed by atoms with Crippen molar-refractivity contribution < 1.29 is 83.4 Å². The Balaban J connectivity index is 7.14. The normalized spacial score (nSPS) is 16.6. The van der Waals surface area contributed by atoms with Crippen LogP contribution in [-0.2, 0) is 0 Å². The summed E-state index contributed by atoms with van der Waals surface area (Å²) in [6.07, 6.45) is -7.88. The molecule has 0 bridgehead atoms. The molecule has 35 heavy (non-hydrogen) atoms. The molecular weight excluding hydrogens is 569 g/mol. The molecule has 0 amide bonds. The van der Waals surface area contributed by atoms with Crippen LogP contribution in [-0.4, -0.2) is 61.3 Å². The first kappa shape index (κ1) is 33.9. The largest absolute Gasteiger partial charge is 0.460 e. The van der Waals surface area contributed by atoms with Gasteiger partial charge in [-0.15, -0.1) is 0 Å². The van der Waals surface area contributed by atoms with Gasteiger partial charge in [0.25, 0.3) is 5.55 Å². The van der Waals surface area contributed by atoms with Gasteiger partial charge in [-0.3, -0.25) is 0 Å². The Labute approximate surface area is 184 Å². The fourth-order valence-corrected chi connectivity index (χ4v) is 6.77. The molecule has 0 atom stereocenters. The van der Waals surface area contributed by atoms with Crippen molar-refractivity contribution in [2.75, 3.05) is 0 Å². The van der Waals surface area contributed by atoms with E-state index in [0.717, 1.165) is 0 Å². The van der Waals surface area contributed by atoms with E-state index in [2.05, 4.69) is 0 Å². The van der Waals surface area contributed by atoms with Crippen molar-refractivity contribution in [1.29, 1.82) is 0 Å². The summed E-state index contributed by atoms with van der Waals surface area (Å²) in [5, 5.41) is 0. The summed E-state index contributed by atoms with van der Waals surface area (Å²) in [5.74, 6) is -59.5. The Hall–Kier alpha value is -1.11. The maximum absolute atomic E-state index is 14.5. The van der Waals surface area contributed by atoms with E-state index in [4.69, 9.17) is 0 Å². The van der Waals surface area contributed by atoms with E-state index >= 15 is 0 Å². The summed E-state index contributed by atoms with van der Waals surface area (Å²) >= 11 is 0. The Bertz CT molecular complexity index is 698. The average molecular weight is 584 g/mol. The van der Waals surface area contributed by atoms with Gasteiger partial charge in [0.1, 0.15) is 8.07 Å². The molecule has 0 aliphatic rings. The molecule has 0 radical (unpaired) electrons. The van der Waals surface area contributed by atoms with Gasteiger partial charge in [-0.1, -0.05) is 38.9 Å². The highest BCUT2D eigenvalue weighted by molar-refractivity contribution is 6.82. The van der Waals surface area contributed by atoms with Crippen molar-refractivity contribution in [3.63, 3.8) is 0 Å². The third kappa shape index (κ3) is 3.97. The highest BCUT2D eigenvalue weighted by Crippen LogP contribution is 2.66. The SMILES string of the molecule is CC[Si](CC)(CC)C(F)(F)C(F)(F)C(F)(F)C(F)(F)C(F)(F)C(F)(F)C(F)(F)C(F)(F)C(F)(F)F. The zero-order valence-corrected chi connectivity index (χ0v) is 18.3. The molecule has 0 unspecified atom stereocenters. The third-order valence-corrected chi connectivity index (χ3v) is 11.5. The van der Waals surface area contributed by atoms with E-state index in [0.29, 0.717) is 20.8 Å². The summed E-state index contributed by atoms with van der Waals surface area (Å²) in [6, 6.07) is -3.31. The lowest BCUT2D eigenvalue weighted by Gasteiger charge is -2.47. The highest BCUT2D eigenvalue weighted by atomic mass is 28.3. The van der Waals surface area contributed by atoms with Gasteiger partial charge < -0.3 is 0 Å². The van der Waals surface area contributed by atoms with E-state index in [9.17, 15) is 83.4 Å². The molecule has 0 aromatic heterocycles. The lowest BCUT2D eigenvalue weighted by Crippen LogP contribution is -2.77. The first-order chi connectivity index (χ1) is 14.9. The van der Waals surface area contributed by atoms with Crippen LogP contribution in [0, 0.1) is 0 Å². The third-order valence-electron chi connectivity index (χ3n) is 5.81. The lowest BCUT2D eigenvalue weighted by atomic mass is 9.89. The number of rotatable bonds is 11. The highest BCUT2D eigenvalue weighted by Gasteiger charge is 2.97. The van der Waals surface area contributed by atoms with Crippen molar-refractivity contribution in [3.05, 3.63) is 0 Å². The van der Waals surface area contributed by atoms with Crippen molar-refractivity contribution >= 4 is 8.07 Å². The van der Waals surface area contributed by atoms with E-state index in [1.807, 2.05) is 0 Å². The van der Waals surface area contributed by atoms with Crippen LogP contribution in [0.5, 0.6) is 0 Å². The summed E-state index contributed by atoms with van der Waals surface area (Å²) in [6.45, 7) is 2.05. The number of halogens is 19. The molecular formula is C15H15F19Si. The minimum atomic E-state index is -8.87. The summed E-state index contributed by atoms with van der Waals surface area (Å²) in [4.78, 5) is 0. The number of alkyl halides is 19. The van der Waals surface area contributed by atoms with Crippen LogP contribution >= 0.6 is 0 Å². The van der Waals surface area contributed by atoms with E-state index in [1.54, 1.807) is 0 Å². The molecule has 0 aliphatic heterocycles. The summed E-state index contributed by atoms with van der Waals surface area (Å²) in [5.41, 5.74) is -6.32. The zero-order valence-electron chi connectivity index (χ0n) is 17.3. The van der Waals surface area contributed by atoms with Gasteiger partial charge >= 0.3 is 47.6 Å². The van der Waals surface area contributed by atoms with Gasteiger partial charge in [0.05, 0.1) is 0 Å². The van der Waals surface area contributed by atoms with Crippen LogP contribution in [0.1, 0.15) is 20.8 Å². The summed E-state index contributed by atoms with van der Waals surface area (Å²) < 4.78 is 255. The molecule has 20 heteroatoms. The smallest absolute Gasteiger partial charge is 0.205 e. The monoisotopic (exact) mass is 584 g/mol. The molecule has 212 valence electrons. The molecule has 0 saturated heterocycles. The van der Waals surface area contributed by atoms with Crippen LogP contribution in [0.3, 0.4) is 0 Å². The maximum atomic E-state index is 14.5. The second-order valence-corrected chi connectivity index (χ2v) is 12.7. The lowest BCUT2D eigenvalue weighted by molar-refractivity contribution is -0.466. The van der Waals surface area contributed by atoms with Crippen LogP contribution in [0.25, 0.3) is 0 Å². The predicted molar refractivity (Wildman–Crippen MR) is 82.8 cm³/mol. The van der Waals surface area contributed by atoms with Crippen molar-refractivity contribution in [1.82, 2.24) is 0 Å². The van der Waals surface area contributed by atoms with E-state index in [1.165, 1.54) is 0 Å². The van der Waals surface area contributed by atoms with Gasteiger partial charge in [-0.25, -0.2) is 8.78 Å². The van der Waals surface area contributed by atoms with Crippen molar-refractivity contribution in [3.8, 4) is 0 Å². The Morgan fingerprint density at radius 3 is 0.743 bits per heavy atom. The van der Waals surface area contributed by atoms with Crippen LogP contribution in [0.2, 0.25) is 18.1 Å². The predicted octanol–water partition coefficient (Wildman–Crippen LogP) is 8.68. The molecule has 0 heterocycles. The van der Waals surface area contributed by atoms with Crippen LogP contribution in [0.4, 0.5) is 83.4 Å². The fourth-order valence-electron chi connectivity index (χ4n) is 3.11. The Morgan fingerprint density at radius 1 is 0.343 bits per heavy atom. The zero-order chi connectivity index (χ0) is 29.1. The summed E-state index contributed by atoms with van der Waals surface area (Å²) in [7, 11) is -5.21. The number of hydrogen-bond acceptors (Lipinski definition) is 0. The van der Waals surface area contributed by atoms with Crippen molar-refractivity contribution in [2.24, 2.45) is 0 Å².